The van der Waals surface area contributed by atoms with Crippen molar-refractivity contribution in [2.45, 2.75) is 25.4 Å². The number of hydrogen-bond donors (Lipinski definition) is 1. The molecule has 1 heterocycles. The number of rotatable bonds is 3. The van der Waals surface area contributed by atoms with Crippen molar-refractivity contribution in [3.05, 3.63) is 0 Å². The maximum absolute atomic E-state index is 9.50. The fraction of sp³-hybridized carbons (Fsp3) is 0.778. The number of aliphatic hydroxyl groups excluding tert-OH is 1. The van der Waals surface area contributed by atoms with Gasteiger partial charge in [-0.05, 0) is 12.8 Å². The minimum atomic E-state index is -0.256. The summed E-state index contributed by atoms with van der Waals surface area (Å²) >= 11 is 0. The summed E-state index contributed by atoms with van der Waals surface area (Å²) in [6.07, 6.45) is 7.18. The van der Waals surface area contributed by atoms with Crippen LogP contribution < -0.4 is 0 Å². The van der Waals surface area contributed by atoms with Crippen LogP contribution in [0.1, 0.15) is 19.3 Å². The van der Waals surface area contributed by atoms with Crippen molar-refractivity contribution >= 4 is 0 Å². The van der Waals surface area contributed by atoms with Crippen molar-refractivity contribution in [3.8, 4) is 12.3 Å². The van der Waals surface area contributed by atoms with Gasteiger partial charge in [-0.25, -0.2) is 0 Å². The van der Waals surface area contributed by atoms with E-state index in [-0.39, 0.29) is 6.10 Å². The maximum atomic E-state index is 9.50. The van der Waals surface area contributed by atoms with Crippen molar-refractivity contribution in [2.24, 2.45) is 5.92 Å². The number of terminal acetylenes is 1. The molecule has 2 unspecified atom stereocenters. The summed E-state index contributed by atoms with van der Waals surface area (Å²) in [4.78, 5) is 0. The average molecular weight is 154 g/mol. The predicted molar refractivity (Wildman–Crippen MR) is 43.0 cm³/mol. The lowest BCUT2D eigenvalue weighted by atomic mass is 9.98. The van der Waals surface area contributed by atoms with Crippen molar-refractivity contribution < 1.29 is 9.84 Å². The molecule has 0 spiro atoms. The van der Waals surface area contributed by atoms with Gasteiger partial charge in [0.2, 0.25) is 0 Å². The highest BCUT2D eigenvalue weighted by atomic mass is 16.5. The topological polar surface area (TPSA) is 29.5 Å². The Bertz CT molecular complexity index is 142. The highest BCUT2D eigenvalue weighted by Crippen LogP contribution is 2.19. The Labute approximate surface area is 67.6 Å². The molecule has 2 nitrogen and oxygen atoms in total. The molecule has 0 aromatic rings. The van der Waals surface area contributed by atoms with Gasteiger partial charge in [0.1, 0.15) is 0 Å². The van der Waals surface area contributed by atoms with E-state index in [1.807, 2.05) is 0 Å². The second kappa shape index (κ2) is 4.38. The fourth-order valence-corrected chi connectivity index (χ4v) is 1.32. The van der Waals surface area contributed by atoms with E-state index in [1.165, 1.54) is 0 Å². The number of aliphatic hydroxyl groups is 1. The van der Waals surface area contributed by atoms with Crippen molar-refractivity contribution in [1.29, 1.82) is 0 Å². The maximum Gasteiger partial charge on any atom is 0.0600 e. The molecule has 0 saturated carbocycles. The van der Waals surface area contributed by atoms with E-state index in [1.54, 1.807) is 0 Å². The van der Waals surface area contributed by atoms with Crippen LogP contribution >= 0.6 is 0 Å². The largest absolute Gasteiger partial charge is 0.393 e. The summed E-state index contributed by atoms with van der Waals surface area (Å²) in [5, 5.41) is 9.50. The Morgan fingerprint density at radius 3 is 3.09 bits per heavy atom. The van der Waals surface area contributed by atoms with Gasteiger partial charge in [-0.3, -0.25) is 0 Å². The van der Waals surface area contributed by atoms with Gasteiger partial charge in [0.15, 0.2) is 0 Å². The molecule has 1 aliphatic heterocycles. The third kappa shape index (κ3) is 2.53. The molecule has 0 radical (unpaired) electrons. The number of hydrogen-bond acceptors (Lipinski definition) is 2. The van der Waals surface area contributed by atoms with Gasteiger partial charge in [0, 0.05) is 18.9 Å². The molecule has 1 aliphatic rings. The summed E-state index contributed by atoms with van der Waals surface area (Å²) in [5.41, 5.74) is 0. The van der Waals surface area contributed by atoms with Crippen LogP contribution in [-0.4, -0.2) is 24.4 Å². The van der Waals surface area contributed by atoms with E-state index >= 15 is 0 Å². The first kappa shape index (κ1) is 8.58. The lowest BCUT2D eigenvalue weighted by molar-refractivity contribution is 0.0860. The molecule has 11 heavy (non-hydrogen) atoms. The molecule has 62 valence electrons. The lowest BCUT2D eigenvalue weighted by Crippen LogP contribution is -2.20. The third-order valence-electron chi connectivity index (χ3n) is 2.09. The SMILES string of the molecule is C#CCCC(O)C1CCOC1. The van der Waals surface area contributed by atoms with Crippen LogP contribution in [0.15, 0.2) is 0 Å². The second-order valence-electron chi connectivity index (χ2n) is 2.93. The smallest absolute Gasteiger partial charge is 0.0600 e. The minimum absolute atomic E-state index is 0.256. The highest BCUT2D eigenvalue weighted by molar-refractivity contribution is 4.85. The Balaban J connectivity index is 2.18. The molecule has 1 rings (SSSR count). The zero-order valence-electron chi connectivity index (χ0n) is 6.62. The normalized spacial score (nSPS) is 26.4. The van der Waals surface area contributed by atoms with E-state index in [0.717, 1.165) is 13.0 Å². The molecule has 1 saturated heterocycles. The molecule has 0 aliphatic carbocycles. The monoisotopic (exact) mass is 154 g/mol. The van der Waals surface area contributed by atoms with Gasteiger partial charge in [-0.15, -0.1) is 12.3 Å². The standard InChI is InChI=1S/C9H14O2/c1-2-3-4-9(10)8-5-6-11-7-8/h1,8-10H,3-7H2. The van der Waals surface area contributed by atoms with E-state index in [9.17, 15) is 5.11 Å². The summed E-state index contributed by atoms with van der Waals surface area (Å²) in [7, 11) is 0. The van der Waals surface area contributed by atoms with Crippen LogP contribution in [0, 0.1) is 18.3 Å². The van der Waals surface area contributed by atoms with Crippen molar-refractivity contribution in [2.75, 3.05) is 13.2 Å². The molecule has 0 bridgehead atoms. The lowest BCUT2D eigenvalue weighted by Gasteiger charge is -2.14. The molecule has 0 amide bonds. The molecule has 1 fully saturated rings. The first-order valence-corrected chi connectivity index (χ1v) is 4.04. The molecular weight excluding hydrogens is 140 g/mol. The molecule has 1 N–H and O–H groups in total. The van der Waals surface area contributed by atoms with Gasteiger partial charge in [0.05, 0.1) is 12.7 Å². The molecule has 2 atom stereocenters. The summed E-state index contributed by atoms with van der Waals surface area (Å²) in [6, 6.07) is 0. The molecular formula is C9H14O2. The van der Waals surface area contributed by atoms with Crippen molar-refractivity contribution in [3.63, 3.8) is 0 Å². The Kier molecular flexibility index (Phi) is 3.41. The van der Waals surface area contributed by atoms with Crippen LogP contribution in [0.4, 0.5) is 0 Å². The van der Waals surface area contributed by atoms with Gasteiger partial charge in [-0.2, -0.15) is 0 Å². The van der Waals surface area contributed by atoms with Crippen LogP contribution in [0.25, 0.3) is 0 Å². The predicted octanol–water partition coefficient (Wildman–Crippen LogP) is 0.797. The summed E-state index contributed by atoms with van der Waals surface area (Å²) in [5.74, 6) is 2.84. The quantitative estimate of drug-likeness (QED) is 0.609. The van der Waals surface area contributed by atoms with E-state index in [4.69, 9.17) is 11.2 Å². The van der Waals surface area contributed by atoms with E-state index in [2.05, 4.69) is 5.92 Å². The average Bonchev–Trinajstić information content (AvgIpc) is 2.52. The van der Waals surface area contributed by atoms with Crippen molar-refractivity contribution in [1.82, 2.24) is 0 Å². The van der Waals surface area contributed by atoms with Gasteiger partial charge in [-0.1, -0.05) is 0 Å². The Morgan fingerprint density at radius 2 is 2.55 bits per heavy atom. The molecule has 0 aromatic heterocycles. The van der Waals surface area contributed by atoms with Crippen LogP contribution in [0.3, 0.4) is 0 Å². The second-order valence-corrected chi connectivity index (χ2v) is 2.93. The highest BCUT2D eigenvalue weighted by Gasteiger charge is 2.22. The zero-order valence-corrected chi connectivity index (χ0v) is 6.62. The third-order valence-corrected chi connectivity index (χ3v) is 2.09. The van der Waals surface area contributed by atoms with Crippen LogP contribution in [0.5, 0.6) is 0 Å². The van der Waals surface area contributed by atoms with Gasteiger partial charge < -0.3 is 9.84 Å². The minimum Gasteiger partial charge on any atom is -0.393 e. The van der Waals surface area contributed by atoms with Crippen LogP contribution in [0.2, 0.25) is 0 Å². The van der Waals surface area contributed by atoms with Crippen LogP contribution in [-0.2, 0) is 4.74 Å². The first-order chi connectivity index (χ1) is 5.34. The fourth-order valence-electron chi connectivity index (χ4n) is 1.32. The van der Waals surface area contributed by atoms with Gasteiger partial charge >= 0.3 is 0 Å². The van der Waals surface area contributed by atoms with E-state index < -0.39 is 0 Å². The zero-order chi connectivity index (χ0) is 8.10. The van der Waals surface area contributed by atoms with Gasteiger partial charge in [0.25, 0.3) is 0 Å². The first-order valence-electron chi connectivity index (χ1n) is 4.04. The number of ether oxygens (including phenoxy) is 1. The molecule has 2 heteroatoms. The van der Waals surface area contributed by atoms with E-state index in [0.29, 0.717) is 25.4 Å². The summed E-state index contributed by atoms with van der Waals surface area (Å²) < 4.78 is 5.15. The Hall–Kier alpha value is -0.520. The molecule has 0 aromatic carbocycles. The Morgan fingerprint density at radius 1 is 1.73 bits per heavy atom. The summed E-state index contributed by atoms with van der Waals surface area (Å²) in [6.45, 7) is 1.49.